The molecule has 140 valence electrons. The Bertz CT molecular complexity index is 952. The number of hydrogen-bond donors (Lipinski definition) is 3. The van der Waals surface area contributed by atoms with Gasteiger partial charge in [0.25, 0.3) is 0 Å². The standard InChI is InChI=1S/C19H23N7O/c1-2-5-16(18-25-24-17-6-3-4-9-26(17)18)23-19(27)22-14-10-13-11-20-8-7-15(13)21-12-14/h3-4,6,9-10,12,16,20H,2,5,7-8,11H2,1H3,(H2,22,23,27). The number of nitrogens with zero attached hydrogens (tertiary/aromatic N) is 4. The Balaban J connectivity index is 1.49. The first-order valence-electron chi connectivity index (χ1n) is 9.30. The molecule has 3 aromatic heterocycles. The summed E-state index contributed by atoms with van der Waals surface area (Å²) in [5.74, 6) is 0.732. The monoisotopic (exact) mass is 365 g/mol. The summed E-state index contributed by atoms with van der Waals surface area (Å²) in [5, 5.41) is 17.7. The highest BCUT2D eigenvalue weighted by Crippen LogP contribution is 2.19. The highest BCUT2D eigenvalue weighted by molar-refractivity contribution is 5.89. The maximum atomic E-state index is 12.6. The fraction of sp³-hybridized carbons (Fsp3) is 0.368. The molecule has 0 aromatic carbocycles. The number of carbonyl (C=O) groups excluding carboxylic acids is 1. The van der Waals surface area contributed by atoms with Crippen LogP contribution in [-0.4, -0.2) is 32.2 Å². The van der Waals surface area contributed by atoms with Crippen LogP contribution in [0.3, 0.4) is 0 Å². The second kappa shape index (κ2) is 7.71. The lowest BCUT2D eigenvalue weighted by Gasteiger charge is -2.19. The molecule has 3 N–H and O–H groups in total. The van der Waals surface area contributed by atoms with Gasteiger partial charge in [0.15, 0.2) is 11.5 Å². The average Bonchev–Trinajstić information content (AvgIpc) is 3.11. The van der Waals surface area contributed by atoms with Crippen LogP contribution >= 0.6 is 0 Å². The van der Waals surface area contributed by atoms with E-state index in [1.54, 1.807) is 6.20 Å². The smallest absolute Gasteiger partial charge is 0.319 e. The largest absolute Gasteiger partial charge is 0.328 e. The van der Waals surface area contributed by atoms with Crippen LogP contribution < -0.4 is 16.0 Å². The minimum Gasteiger partial charge on any atom is -0.328 e. The van der Waals surface area contributed by atoms with Gasteiger partial charge in [0.2, 0.25) is 0 Å². The Morgan fingerprint density at radius 3 is 3.19 bits per heavy atom. The van der Waals surface area contributed by atoms with Gasteiger partial charge in [-0.15, -0.1) is 10.2 Å². The molecule has 1 aliphatic rings. The van der Waals surface area contributed by atoms with Crippen LogP contribution in [0.25, 0.3) is 5.65 Å². The third-order valence-corrected chi connectivity index (χ3v) is 4.71. The molecule has 8 heteroatoms. The van der Waals surface area contributed by atoms with Gasteiger partial charge in [-0.25, -0.2) is 4.79 Å². The summed E-state index contributed by atoms with van der Waals surface area (Å²) in [4.78, 5) is 17.0. The minimum atomic E-state index is -0.272. The van der Waals surface area contributed by atoms with Gasteiger partial charge in [-0.3, -0.25) is 9.38 Å². The Labute approximate surface area is 157 Å². The van der Waals surface area contributed by atoms with E-state index in [2.05, 4.69) is 38.1 Å². The van der Waals surface area contributed by atoms with Crippen molar-refractivity contribution in [3.63, 3.8) is 0 Å². The molecule has 1 aliphatic heterocycles. The van der Waals surface area contributed by atoms with Crippen molar-refractivity contribution >= 4 is 17.4 Å². The van der Waals surface area contributed by atoms with Gasteiger partial charge < -0.3 is 16.0 Å². The molecule has 3 aromatic rings. The van der Waals surface area contributed by atoms with Crippen molar-refractivity contribution in [2.45, 2.75) is 38.8 Å². The Morgan fingerprint density at radius 1 is 1.37 bits per heavy atom. The molecule has 8 nitrogen and oxygen atoms in total. The van der Waals surface area contributed by atoms with Crippen LogP contribution in [0.5, 0.6) is 0 Å². The molecule has 0 spiro atoms. The molecular formula is C19H23N7O. The number of fused-ring (bicyclic) bond motifs is 2. The van der Waals surface area contributed by atoms with Crippen molar-refractivity contribution in [2.75, 3.05) is 11.9 Å². The highest BCUT2D eigenvalue weighted by atomic mass is 16.2. The van der Waals surface area contributed by atoms with Crippen molar-refractivity contribution in [2.24, 2.45) is 0 Å². The molecule has 4 rings (SSSR count). The summed E-state index contributed by atoms with van der Waals surface area (Å²) in [5.41, 5.74) is 3.68. The van der Waals surface area contributed by atoms with E-state index in [-0.39, 0.29) is 12.1 Å². The number of amides is 2. The van der Waals surface area contributed by atoms with E-state index in [1.807, 2.05) is 34.9 Å². The summed E-state index contributed by atoms with van der Waals surface area (Å²) in [6.45, 7) is 3.80. The van der Waals surface area contributed by atoms with E-state index in [0.717, 1.165) is 55.1 Å². The zero-order valence-electron chi connectivity index (χ0n) is 15.3. The molecular weight excluding hydrogens is 342 g/mol. The lowest BCUT2D eigenvalue weighted by atomic mass is 10.1. The van der Waals surface area contributed by atoms with Crippen LogP contribution in [0.15, 0.2) is 36.7 Å². The van der Waals surface area contributed by atoms with Gasteiger partial charge in [0.05, 0.1) is 17.9 Å². The Kier molecular flexibility index (Phi) is 4.97. The van der Waals surface area contributed by atoms with Gasteiger partial charge in [-0.2, -0.15) is 0 Å². The molecule has 1 atom stereocenters. The first kappa shape index (κ1) is 17.4. The predicted molar refractivity (Wildman–Crippen MR) is 102 cm³/mol. The summed E-state index contributed by atoms with van der Waals surface area (Å²) in [7, 11) is 0. The molecule has 0 radical (unpaired) electrons. The topological polar surface area (TPSA) is 96.2 Å². The molecule has 27 heavy (non-hydrogen) atoms. The minimum absolute atomic E-state index is 0.223. The second-order valence-electron chi connectivity index (χ2n) is 6.68. The van der Waals surface area contributed by atoms with Crippen LogP contribution in [-0.2, 0) is 13.0 Å². The molecule has 0 aliphatic carbocycles. The number of carbonyl (C=O) groups is 1. The van der Waals surface area contributed by atoms with E-state index in [1.165, 1.54) is 0 Å². The fourth-order valence-electron chi connectivity index (χ4n) is 3.39. The fourth-order valence-corrected chi connectivity index (χ4v) is 3.39. The number of urea groups is 1. The Morgan fingerprint density at radius 2 is 2.30 bits per heavy atom. The first-order chi connectivity index (χ1) is 13.2. The quantitative estimate of drug-likeness (QED) is 0.645. The van der Waals surface area contributed by atoms with E-state index < -0.39 is 0 Å². The van der Waals surface area contributed by atoms with Crippen LogP contribution in [0.1, 0.15) is 42.9 Å². The van der Waals surface area contributed by atoms with Crippen LogP contribution in [0.2, 0.25) is 0 Å². The normalized spacial score (nSPS) is 14.6. The number of rotatable bonds is 5. The second-order valence-corrected chi connectivity index (χ2v) is 6.68. The zero-order chi connectivity index (χ0) is 18.6. The van der Waals surface area contributed by atoms with Gasteiger partial charge in [0, 0.05) is 31.4 Å². The molecule has 1 unspecified atom stereocenters. The highest BCUT2D eigenvalue weighted by Gasteiger charge is 2.20. The molecule has 0 saturated carbocycles. The average molecular weight is 365 g/mol. The predicted octanol–water partition coefficient (Wildman–Crippen LogP) is 2.43. The zero-order valence-corrected chi connectivity index (χ0v) is 15.3. The number of anilines is 1. The SMILES string of the molecule is CCCC(NC(=O)Nc1cnc2c(c1)CNCC2)c1nnc2ccccn12. The molecule has 2 amide bonds. The van der Waals surface area contributed by atoms with E-state index in [4.69, 9.17) is 0 Å². The summed E-state index contributed by atoms with van der Waals surface area (Å²) in [6.07, 6.45) is 6.23. The van der Waals surface area contributed by atoms with Crippen molar-refractivity contribution < 1.29 is 4.79 Å². The summed E-state index contributed by atoms with van der Waals surface area (Å²) in [6, 6.07) is 7.23. The summed E-state index contributed by atoms with van der Waals surface area (Å²) >= 11 is 0. The maximum absolute atomic E-state index is 12.6. The first-order valence-corrected chi connectivity index (χ1v) is 9.30. The van der Waals surface area contributed by atoms with Gasteiger partial charge in [-0.1, -0.05) is 19.4 Å². The number of hydrogen-bond acceptors (Lipinski definition) is 5. The van der Waals surface area contributed by atoms with Gasteiger partial charge in [0.1, 0.15) is 0 Å². The third kappa shape index (κ3) is 3.75. The number of pyridine rings is 2. The lowest BCUT2D eigenvalue weighted by molar-refractivity contribution is 0.247. The summed E-state index contributed by atoms with van der Waals surface area (Å²) < 4.78 is 1.91. The molecule has 0 saturated heterocycles. The maximum Gasteiger partial charge on any atom is 0.319 e. The molecule has 0 fully saturated rings. The van der Waals surface area contributed by atoms with Crippen molar-refractivity contribution in [1.29, 1.82) is 0 Å². The molecule has 4 heterocycles. The van der Waals surface area contributed by atoms with Gasteiger partial charge in [-0.05, 0) is 30.2 Å². The van der Waals surface area contributed by atoms with Gasteiger partial charge >= 0.3 is 6.03 Å². The van der Waals surface area contributed by atoms with E-state index >= 15 is 0 Å². The van der Waals surface area contributed by atoms with Crippen molar-refractivity contribution in [1.82, 2.24) is 30.2 Å². The third-order valence-electron chi connectivity index (χ3n) is 4.71. The van der Waals surface area contributed by atoms with Crippen LogP contribution in [0, 0.1) is 0 Å². The Hall–Kier alpha value is -3.00. The lowest BCUT2D eigenvalue weighted by Crippen LogP contribution is -2.34. The molecule has 0 bridgehead atoms. The number of nitrogens with one attached hydrogen (secondary N) is 3. The van der Waals surface area contributed by atoms with E-state index in [9.17, 15) is 4.79 Å². The van der Waals surface area contributed by atoms with Crippen molar-refractivity contribution in [3.05, 3.63) is 53.7 Å². The van der Waals surface area contributed by atoms with Crippen molar-refractivity contribution in [3.8, 4) is 0 Å². The van der Waals surface area contributed by atoms with E-state index in [0.29, 0.717) is 5.69 Å². The number of aromatic nitrogens is 4. The van der Waals surface area contributed by atoms with Crippen LogP contribution in [0.4, 0.5) is 10.5 Å².